The Morgan fingerprint density at radius 1 is 0.600 bits per heavy atom. The minimum atomic E-state index is 0.230. The Kier molecular flexibility index (Phi) is 5.85. The molecule has 6 aromatic carbocycles. The minimum absolute atomic E-state index is 0.230. The molecule has 0 aliphatic rings. The molecule has 1 aromatic heterocycles. The molecule has 0 aliphatic heterocycles. The van der Waals surface area contributed by atoms with Gasteiger partial charge in [0.25, 0.3) is 0 Å². The van der Waals surface area contributed by atoms with Gasteiger partial charge in [0.15, 0.2) is 5.69 Å². The molecule has 3 nitrogen and oxygen atoms in total. The number of para-hydroxylation sites is 1. The molecule has 0 bridgehead atoms. The molecule has 7 rings (SSSR count). The molecular formula is C36H22N2OS. The topological polar surface area (TPSA) is 37.5 Å². The van der Waals surface area contributed by atoms with Gasteiger partial charge in [-0.3, -0.25) is 0 Å². The van der Waals surface area contributed by atoms with Crippen LogP contribution in [0.4, 0.5) is 5.69 Å². The van der Waals surface area contributed by atoms with Crippen molar-refractivity contribution in [1.29, 1.82) is 0 Å². The maximum Gasteiger partial charge on any atom is 0.187 e. The van der Waals surface area contributed by atoms with Gasteiger partial charge in [0, 0.05) is 5.56 Å². The summed E-state index contributed by atoms with van der Waals surface area (Å²) in [4.78, 5) is 8.56. The first-order valence-electron chi connectivity index (χ1n) is 13.0. The smallest absolute Gasteiger partial charge is 0.187 e. The fourth-order valence-electron chi connectivity index (χ4n) is 5.21. The quantitative estimate of drug-likeness (QED) is 0.230. The summed E-state index contributed by atoms with van der Waals surface area (Å²) in [5.41, 5.74) is 8.93. The molecule has 0 fully saturated rings. The van der Waals surface area contributed by atoms with Crippen LogP contribution in [0.25, 0.3) is 69.8 Å². The maximum atomic E-state index is 10.6. The van der Waals surface area contributed by atoms with E-state index in [1.54, 1.807) is 17.4 Å². The van der Waals surface area contributed by atoms with Crippen molar-refractivity contribution >= 4 is 38.0 Å². The Balaban J connectivity index is 1.41. The van der Waals surface area contributed by atoms with Crippen LogP contribution < -0.4 is 0 Å². The molecule has 0 amide bonds. The molecule has 0 aliphatic carbocycles. The highest BCUT2D eigenvalue weighted by atomic mass is 32.1. The molecule has 188 valence electrons. The van der Waals surface area contributed by atoms with Crippen LogP contribution in [0.15, 0.2) is 127 Å². The van der Waals surface area contributed by atoms with Gasteiger partial charge in [-0.25, -0.2) is 9.83 Å². The SMILES string of the molecule is [C-]#[N+]c1ccc(-c2ccc(-c3cc(-c4cccc5ccccc45)c4nc(-c5ccccc5O)sc4c3)cc2)cc1. The van der Waals surface area contributed by atoms with E-state index in [9.17, 15) is 5.11 Å². The average Bonchev–Trinajstić information content (AvgIpc) is 3.45. The van der Waals surface area contributed by atoms with Crippen molar-refractivity contribution in [2.24, 2.45) is 0 Å². The molecule has 1 N–H and O–H groups in total. The Labute approximate surface area is 236 Å². The highest BCUT2D eigenvalue weighted by molar-refractivity contribution is 7.21. The van der Waals surface area contributed by atoms with Gasteiger partial charge in [-0.2, -0.15) is 0 Å². The summed E-state index contributed by atoms with van der Waals surface area (Å²) < 4.78 is 1.07. The summed E-state index contributed by atoms with van der Waals surface area (Å²) in [6.07, 6.45) is 0. The molecule has 0 spiro atoms. The highest BCUT2D eigenvalue weighted by Crippen LogP contribution is 2.42. The molecule has 4 heteroatoms. The minimum Gasteiger partial charge on any atom is -0.507 e. The third-order valence-electron chi connectivity index (χ3n) is 7.26. The van der Waals surface area contributed by atoms with Gasteiger partial charge in [0.1, 0.15) is 10.8 Å². The zero-order chi connectivity index (χ0) is 27.1. The fraction of sp³-hybridized carbons (Fsp3) is 0. The summed E-state index contributed by atoms with van der Waals surface area (Å²) in [6.45, 7) is 7.19. The Hall–Kier alpha value is -5.24. The first kappa shape index (κ1) is 23.8. The standard InChI is InChI=1S/C36H22N2OS/c1-37-28-19-17-24(18-20-28)23-13-15-25(16-14-23)27-21-32(30-11-6-8-26-7-2-3-9-29(26)30)35-34(22-27)40-36(38-35)31-10-4-5-12-33(31)39/h2-22,39H. The van der Waals surface area contributed by atoms with E-state index >= 15 is 0 Å². The predicted molar refractivity (Wildman–Crippen MR) is 167 cm³/mol. The van der Waals surface area contributed by atoms with Gasteiger partial charge in [-0.1, -0.05) is 103 Å². The largest absolute Gasteiger partial charge is 0.507 e. The van der Waals surface area contributed by atoms with E-state index in [1.165, 1.54) is 10.8 Å². The molecule has 1 heterocycles. The van der Waals surface area contributed by atoms with Gasteiger partial charge >= 0.3 is 0 Å². The van der Waals surface area contributed by atoms with Crippen molar-refractivity contribution in [2.75, 3.05) is 0 Å². The number of hydrogen-bond acceptors (Lipinski definition) is 3. The van der Waals surface area contributed by atoms with Gasteiger partial charge in [-0.05, 0) is 62.9 Å². The number of phenols is 1. The van der Waals surface area contributed by atoms with Crippen LogP contribution in [0.2, 0.25) is 0 Å². The molecule has 7 aromatic rings. The van der Waals surface area contributed by atoms with E-state index in [2.05, 4.69) is 83.7 Å². The van der Waals surface area contributed by atoms with Gasteiger partial charge in [0.05, 0.1) is 22.4 Å². The molecular weight excluding hydrogens is 508 g/mol. The lowest BCUT2D eigenvalue weighted by Gasteiger charge is -2.11. The number of fused-ring (bicyclic) bond motifs is 2. The van der Waals surface area contributed by atoms with Crippen molar-refractivity contribution in [3.63, 3.8) is 0 Å². The van der Waals surface area contributed by atoms with Crippen LogP contribution >= 0.6 is 11.3 Å². The van der Waals surface area contributed by atoms with E-state index < -0.39 is 0 Å². The Morgan fingerprint density at radius 3 is 1.98 bits per heavy atom. The van der Waals surface area contributed by atoms with E-state index in [-0.39, 0.29) is 5.75 Å². The normalized spacial score (nSPS) is 11.1. The van der Waals surface area contributed by atoms with E-state index in [4.69, 9.17) is 11.6 Å². The van der Waals surface area contributed by atoms with E-state index in [0.717, 1.165) is 54.2 Å². The second-order valence-corrected chi connectivity index (χ2v) is 10.7. The third kappa shape index (κ3) is 4.19. The number of nitrogens with zero attached hydrogens (tertiary/aromatic N) is 2. The maximum absolute atomic E-state index is 10.6. The summed E-state index contributed by atoms with van der Waals surface area (Å²) in [5, 5.41) is 13.7. The van der Waals surface area contributed by atoms with Crippen molar-refractivity contribution in [3.05, 3.63) is 139 Å². The molecule has 0 saturated heterocycles. The number of phenolic OH excluding ortho intramolecular Hbond substituents is 1. The number of aromatic nitrogens is 1. The summed E-state index contributed by atoms with van der Waals surface area (Å²) in [7, 11) is 0. The van der Waals surface area contributed by atoms with E-state index in [1.807, 2.05) is 42.5 Å². The molecule has 40 heavy (non-hydrogen) atoms. The van der Waals surface area contributed by atoms with Crippen LogP contribution in [-0.4, -0.2) is 10.1 Å². The first-order valence-corrected chi connectivity index (χ1v) is 13.8. The zero-order valence-corrected chi connectivity index (χ0v) is 22.2. The van der Waals surface area contributed by atoms with Gasteiger partial charge < -0.3 is 5.11 Å². The zero-order valence-electron chi connectivity index (χ0n) is 21.4. The predicted octanol–water partition coefficient (Wildman–Crippen LogP) is 10.4. The second-order valence-electron chi connectivity index (χ2n) is 9.67. The second kappa shape index (κ2) is 9.81. The van der Waals surface area contributed by atoms with E-state index in [0.29, 0.717) is 5.69 Å². The van der Waals surface area contributed by atoms with Crippen molar-refractivity contribution in [3.8, 4) is 49.7 Å². The lowest BCUT2D eigenvalue weighted by molar-refractivity contribution is 0.477. The monoisotopic (exact) mass is 530 g/mol. The summed E-state index contributed by atoms with van der Waals surface area (Å²) in [5.74, 6) is 0.230. The molecule has 0 saturated carbocycles. The third-order valence-corrected chi connectivity index (χ3v) is 8.29. The molecule has 0 unspecified atom stereocenters. The number of aromatic hydroxyl groups is 1. The lowest BCUT2D eigenvalue weighted by Crippen LogP contribution is -1.87. The van der Waals surface area contributed by atoms with Crippen LogP contribution in [0.3, 0.4) is 0 Å². The highest BCUT2D eigenvalue weighted by Gasteiger charge is 2.17. The van der Waals surface area contributed by atoms with Crippen molar-refractivity contribution in [2.45, 2.75) is 0 Å². The lowest BCUT2D eigenvalue weighted by atomic mass is 9.93. The van der Waals surface area contributed by atoms with Crippen molar-refractivity contribution < 1.29 is 5.11 Å². The number of benzene rings is 6. The van der Waals surface area contributed by atoms with Crippen molar-refractivity contribution in [1.82, 2.24) is 4.98 Å². The number of hydrogen-bond donors (Lipinski definition) is 1. The van der Waals surface area contributed by atoms with Crippen LogP contribution in [0, 0.1) is 6.57 Å². The number of rotatable bonds is 4. The van der Waals surface area contributed by atoms with Crippen LogP contribution in [0.5, 0.6) is 5.75 Å². The Bertz CT molecular complexity index is 2060. The summed E-state index contributed by atoms with van der Waals surface area (Å²) in [6, 6.07) is 42.9. The average molecular weight is 531 g/mol. The van der Waals surface area contributed by atoms with Gasteiger partial charge in [-0.15, -0.1) is 11.3 Å². The first-order chi connectivity index (χ1) is 19.7. The molecule has 0 atom stereocenters. The van der Waals surface area contributed by atoms with Crippen LogP contribution in [0.1, 0.15) is 0 Å². The fourth-order valence-corrected chi connectivity index (χ4v) is 6.28. The number of thiazole rings is 1. The summed E-state index contributed by atoms with van der Waals surface area (Å²) >= 11 is 1.60. The van der Waals surface area contributed by atoms with Crippen LogP contribution in [-0.2, 0) is 0 Å². The van der Waals surface area contributed by atoms with Gasteiger partial charge in [0.2, 0.25) is 0 Å². The Morgan fingerprint density at radius 2 is 1.23 bits per heavy atom. The molecule has 0 radical (unpaired) electrons.